The monoisotopic (exact) mass is 372 g/mol. The summed E-state index contributed by atoms with van der Waals surface area (Å²) < 4.78 is 0. The van der Waals surface area contributed by atoms with Crippen LogP contribution in [-0.4, -0.2) is 47.8 Å². The molecule has 150 valence electrons. The minimum atomic E-state index is 0.0652. The Balaban J connectivity index is 1.94. The van der Waals surface area contributed by atoms with Crippen molar-refractivity contribution in [2.75, 3.05) is 26.2 Å². The molecule has 0 spiro atoms. The molecule has 0 aromatic heterocycles. The Morgan fingerprint density at radius 1 is 1.00 bits per heavy atom. The van der Waals surface area contributed by atoms with E-state index in [0.29, 0.717) is 13.1 Å². The molecule has 4 heteroatoms. The number of benzene rings is 1. The van der Waals surface area contributed by atoms with Gasteiger partial charge in [-0.15, -0.1) is 0 Å². The Labute approximate surface area is 164 Å². The first-order valence-electron chi connectivity index (χ1n) is 10.5. The molecule has 1 saturated heterocycles. The van der Waals surface area contributed by atoms with Crippen molar-refractivity contribution in [2.45, 2.75) is 65.7 Å². The van der Waals surface area contributed by atoms with E-state index < -0.39 is 0 Å². The molecular weight excluding hydrogens is 336 g/mol. The van der Waals surface area contributed by atoms with Crippen LogP contribution in [0.5, 0.6) is 0 Å². The zero-order valence-corrected chi connectivity index (χ0v) is 17.8. The third-order valence-corrected chi connectivity index (χ3v) is 5.43. The molecule has 1 heterocycles. The second-order valence-corrected chi connectivity index (χ2v) is 8.72. The lowest BCUT2D eigenvalue weighted by Crippen LogP contribution is -2.44. The van der Waals surface area contributed by atoms with Crippen LogP contribution in [0.25, 0.3) is 0 Å². The highest BCUT2D eigenvalue weighted by molar-refractivity contribution is 5.94. The Morgan fingerprint density at radius 2 is 1.52 bits per heavy atom. The number of piperidine rings is 1. The van der Waals surface area contributed by atoms with E-state index in [9.17, 15) is 9.59 Å². The van der Waals surface area contributed by atoms with Crippen molar-refractivity contribution in [1.29, 1.82) is 0 Å². The van der Waals surface area contributed by atoms with Gasteiger partial charge >= 0.3 is 0 Å². The lowest BCUT2D eigenvalue weighted by Gasteiger charge is -2.34. The van der Waals surface area contributed by atoms with Gasteiger partial charge in [0.25, 0.3) is 5.91 Å². The highest BCUT2D eigenvalue weighted by Crippen LogP contribution is 2.24. The average molecular weight is 373 g/mol. The summed E-state index contributed by atoms with van der Waals surface area (Å²) in [6.45, 7) is 13.8. The molecule has 27 heavy (non-hydrogen) atoms. The molecule has 0 saturated carbocycles. The van der Waals surface area contributed by atoms with E-state index in [4.69, 9.17) is 0 Å². The van der Waals surface area contributed by atoms with Gasteiger partial charge in [0.2, 0.25) is 5.91 Å². The third-order valence-electron chi connectivity index (χ3n) is 5.43. The fourth-order valence-electron chi connectivity index (χ4n) is 3.76. The van der Waals surface area contributed by atoms with E-state index in [0.717, 1.165) is 44.3 Å². The van der Waals surface area contributed by atoms with Crippen molar-refractivity contribution in [2.24, 2.45) is 5.92 Å². The number of amides is 2. The predicted octanol–water partition coefficient (Wildman–Crippen LogP) is 4.48. The quantitative estimate of drug-likeness (QED) is 0.738. The number of carbonyl (C=O) groups excluding carboxylic acids is 2. The Morgan fingerprint density at radius 3 is 1.96 bits per heavy atom. The van der Waals surface area contributed by atoms with Crippen LogP contribution < -0.4 is 0 Å². The molecule has 0 radical (unpaired) electrons. The van der Waals surface area contributed by atoms with Crippen LogP contribution in [0.15, 0.2) is 24.3 Å². The summed E-state index contributed by atoms with van der Waals surface area (Å²) in [4.78, 5) is 29.5. The van der Waals surface area contributed by atoms with Gasteiger partial charge in [-0.3, -0.25) is 9.59 Å². The van der Waals surface area contributed by atoms with Gasteiger partial charge in [-0.05, 0) is 48.8 Å². The average Bonchev–Trinajstić information content (AvgIpc) is 2.66. The maximum absolute atomic E-state index is 12.8. The highest BCUT2D eigenvalue weighted by Gasteiger charge is 2.30. The molecule has 1 aromatic carbocycles. The minimum absolute atomic E-state index is 0.0652. The number of rotatable bonds is 6. The van der Waals surface area contributed by atoms with E-state index >= 15 is 0 Å². The zero-order valence-electron chi connectivity index (χ0n) is 17.8. The smallest absolute Gasteiger partial charge is 0.253 e. The molecule has 0 bridgehead atoms. The van der Waals surface area contributed by atoms with Crippen molar-refractivity contribution in [1.82, 2.24) is 9.80 Å². The lowest BCUT2D eigenvalue weighted by molar-refractivity contribution is -0.137. The summed E-state index contributed by atoms with van der Waals surface area (Å²) in [5, 5.41) is 0. The summed E-state index contributed by atoms with van der Waals surface area (Å²) in [7, 11) is 0. The molecule has 0 unspecified atom stereocenters. The summed E-state index contributed by atoms with van der Waals surface area (Å²) in [6, 6.07) is 7.97. The maximum atomic E-state index is 12.8. The molecule has 2 amide bonds. The molecule has 1 aliphatic heterocycles. The van der Waals surface area contributed by atoms with E-state index in [-0.39, 0.29) is 23.1 Å². The normalized spacial score (nSPS) is 15.7. The van der Waals surface area contributed by atoms with Crippen molar-refractivity contribution < 1.29 is 9.59 Å². The summed E-state index contributed by atoms with van der Waals surface area (Å²) in [5.41, 5.74) is 2.06. The van der Waals surface area contributed by atoms with Crippen LogP contribution in [0.2, 0.25) is 0 Å². The molecule has 1 fully saturated rings. The van der Waals surface area contributed by atoms with Gasteiger partial charge in [0.1, 0.15) is 0 Å². The van der Waals surface area contributed by atoms with Crippen LogP contribution in [0, 0.1) is 5.92 Å². The first-order chi connectivity index (χ1) is 12.8. The molecule has 4 nitrogen and oxygen atoms in total. The summed E-state index contributed by atoms with van der Waals surface area (Å²) in [5.74, 6) is 0.427. The van der Waals surface area contributed by atoms with Crippen molar-refractivity contribution in [3.8, 4) is 0 Å². The van der Waals surface area contributed by atoms with E-state index in [2.05, 4.69) is 46.8 Å². The van der Waals surface area contributed by atoms with Gasteiger partial charge in [0, 0.05) is 37.7 Å². The van der Waals surface area contributed by atoms with Crippen LogP contribution in [0.3, 0.4) is 0 Å². The number of carbonyl (C=O) groups is 2. The zero-order chi connectivity index (χ0) is 20.0. The van der Waals surface area contributed by atoms with Crippen LogP contribution in [0.1, 0.15) is 76.2 Å². The number of hydrogen-bond donors (Lipinski definition) is 0. The second kappa shape index (κ2) is 9.38. The Bertz CT molecular complexity index is 617. The molecule has 1 aromatic rings. The van der Waals surface area contributed by atoms with Gasteiger partial charge in [-0.25, -0.2) is 0 Å². The fourth-order valence-corrected chi connectivity index (χ4v) is 3.76. The standard InChI is InChI=1S/C23H36N2O2/c1-6-14-24(15-7-2)22(27)19-12-16-25(17-13-19)21(26)18-8-10-20(11-9-18)23(3,4)5/h8-11,19H,6-7,12-17H2,1-5H3. The molecule has 0 atom stereocenters. The lowest BCUT2D eigenvalue weighted by atomic mass is 9.86. The SMILES string of the molecule is CCCN(CCC)C(=O)C1CCN(C(=O)c2ccc(C(C)(C)C)cc2)CC1. The third kappa shape index (κ3) is 5.57. The van der Waals surface area contributed by atoms with Crippen LogP contribution >= 0.6 is 0 Å². The van der Waals surface area contributed by atoms with Gasteiger partial charge in [-0.1, -0.05) is 46.8 Å². The molecule has 1 aliphatic rings. The molecular formula is C23H36N2O2. The van der Waals surface area contributed by atoms with Crippen molar-refractivity contribution in [3.63, 3.8) is 0 Å². The van der Waals surface area contributed by atoms with Gasteiger partial charge in [0.05, 0.1) is 0 Å². The molecule has 2 rings (SSSR count). The van der Waals surface area contributed by atoms with Crippen LogP contribution in [0.4, 0.5) is 0 Å². The van der Waals surface area contributed by atoms with E-state index in [1.807, 2.05) is 21.9 Å². The van der Waals surface area contributed by atoms with E-state index in [1.165, 1.54) is 5.56 Å². The van der Waals surface area contributed by atoms with E-state index in [1.54, 1.807) is 0 Å². The number of nitrogens with zero attached hydrogens (tertiary/aromatic N) is 2. The van der Waals surface area contributed by atoms with Gasteiger partial charge < -0.3 is 9.80 Å². The number of hydrogen-bond acceptors (Lipinski definition) is 2. The summed E-state index contributed by atoms with van der Waals surface area (Å²) in [6.07, 6.45) is 3.53. The molecule has 0 aliphatic carbocycles. The fraction of sp³-hybridized carbons (Fsp3) is 0.652. The summed E-state index contributed by atoms with van der Waals surface area (Å²) >= 11 is 0. The highest BCUT2D eigenvalue weighted by atomic mass is 16.2. The number of likely N-dealkylation sites (tertiary alicyclic amines) is 1. The minimum Gasteiger partial charge on any atom is -0.342 e. The van der Waals surface area contributed by atoms with Crippen molar-refractivity contribution >= 4 is 11.8 Å². The second-order valence-electron chi connectivity index (χ2n) is 8.72. The topological polar surface area (TPSA) is 40.6 Å². The van der Waals surface area contributed by atoms with Gasteiger partial charge in [-0.2, -0.15) is 0 Å². The van der Waals surface area contributed by atoms with Crippen LogP contribution in [-0.2, 0) is 10.2 Å². The first-order valence-corrected chi connectivity index (χ1v) is 10.5. The predicted molar refractivity (Wildman–Crippen MR) is 111 cm³/mol. The maximum Gasteiger partial charge on any atom is 0.253 e. The van der Waals surface area contributed by atoms with Crippen molar-refractivity contribution in [3.05, 3.63) is 35.4 Å². The van der Waals surface area contributed by atoms with Gasteiger partial charge in [0.15, 0.2) is 0 Å². The largest absolute Gasteiger partial charge is 0.342 e. The Kier molecular flexibility index (Phi) is 7.46. The Hall–Kier alpha value is -1.84. The molecule has 0 N–H and O–H groups in total. The first kappa shape index (κ1) is 21.5.